The molecule has 1 N–H and O–H groups in total. The zero-order valence-electron chi connectivity index (χ0n) is 1.67. The van der Waals surface area contributed by atoms with E-state index in [1.54, 1.807) is 0 Å². The van der Waals surface area contributed by atoms with Crippen molar-refractivity contribution in [1.29, 1.82) is 0 Å². The van der Waals surface area contributed by atoms with Crippen LogP contribution in [0.5, 0.6) is 0 Å². The van der Waals surface area contributed by atoms with Gasteiger partial charge in [0.1, 0.15) is 0 Å². The van der Waals surface area contributed by atoms with E-state index in [0.29, 0.717) is 0 Å². The van der Waals surface area contributed by atoms with Crippen LogP contribution in [0.15, 0.2) is 0 Å². The van der Waals surface area contributed by atoms with Gasteiger partial charge in [-0.15, -0.1) is 0 Å². The summed E-state index contributed by atoms with van der Waals surface area (Å²) < 4.78 is 24.4. The van der Waals surface area contributed by atoms with Crippen LogP contribution in [-0.4, -0.2) is 4.16 Å². The van der Waals surface area contributed by atoms with E-state index in [0.717, 1.165) is 0 Å². The first-order valence-corrected chi connectivity index (χ1v) is 2.13. The van der Waals surface area contributed by atoms with Crippen LogP contribution in [0.25, 0.3) is 0 Å². The van der Waals surface area contributed by atoms with Gasteiger partial charge in [-0.1, -0.05) is 0 Å². The third-order valence-corrected chi connectivity index (χ3v) is 0. The summed E-state index contributed by atoms with van der Waals surface area (Å²) in [6.07, 6.45) is 0. The molecule has 0 saturated heterocycles. The molecule has 0 rings (SSSR count). The third-order valence-electron chi connectivity index (χ3n) is 0. The maximum atomic E-state index is 8.65. The van der Waals surface area contributed by atoms with Crippen LogP contribution in [0.2, 0.25) is 0 Å². The van der Waals surface area contributed by atoms with Gasteiger partial charge in [0.15, 0.2) is 0 Å². The van der Waals surface area contributed by atoms with E-state index in [4.69, 9.17) is 11.8 Å². The van der Waals surface area contributed by atoms with Gasteiger partial charge >= 0.3 is 26.1 Å². The van der Waals surface area contributed by atoms with Crippen molar-refractivity contribution >= 4 is 0 Å². The summed E-state index contributed by atoms with van der Waals surface area (Å²) in [5, 5.41) is 0. The molecule has 0 atom stereocenters. The second-order valence-corrected chi connectivity index (χ2v) is 0.895. The summed E-state index contributed by atoms with van der Waals surface area (Å²) in [6.45, 7) is 0. The Morgan fingerprint density at radius 2 is 1.50 bits per heavy atom. The molecule has 0 aliphatic rings. The molecule has 0 fully saturated rings. The standard InChI is InChI=1S/Cr.H2O.2O/h;1H2;;/q+1;;;/p-1. The molecule has 0 unspecified atom stereocenters. The Labute approximate surface area is 27.0 Å². The molecular weight excluding hydrogens is 100.0 g/mol. The van der Waals surface area contributed by atoms with E-state index < -0.39 is 14.4 Å². The van der Waals surface area contributed by atoms with Crippen LogP contribution < -0.4 is 0 Å². The summed E-state index contributed by atoms with van der Waals surface area (Å²) in [6, 6.07) is 0. The van der Waals surface area contributed by atoms with Crippen LogP contribution in [-0.2, 0) is 22.0 Å². The van der Waals surface area contributed by atoms with Crippen molar-refractivity contribution in [1.82, 2.24) is 0 Å². The first-order chi connectivity index (χ1) is 1.73. The van der Waals surface area contributed by atoms with E-state index in [2.05, 4.69) is 0 Å². The van der Waals surface area contributed by atoms with Crippen molar-refractivity contribution < 1.29 is 26.1 Å². The van der Waals surface area contributed by atoms with Gasteiger partial charge < -0.3 is 0 Å². The van der Waals surface area contributed by atoms with Gasteiger partial charge in [-0.25, -0.2) is 0 Å². The van der Waals surface area contributed by atoms with E-state index in [-0.39, 0.29) is 0 Å². The second kappa shape index (κ2) is 1.42. The Morgan fingerprint density at radius 3 is 1.50 bits per heavy atom. The predicted molar refractivity (Wildman–Crippen MR) is 3.59 cm³/mol. The SMILES string of the molecule is [O]=[Cr](=[O])[OH]. The summed E-state index contributed by atoms with van der Waals surface area (Å²) >= 11 is -3.54. The van der Waals surface area contributed by atoms with Gasteiger partial charge in [-0.3, -0.25) is 0 Å². The quantitative estimate of drug-likeness (QED) is 0.434. The van der Waals surface area contributed by atoms with E-state index in [9.17, 15) is 0 Å². The van der Waals surface area contributed by atoms with Gasteiger partial charge in [-0.05, 0) is 0 Å². The fourth-order valence-electron chi connectivity index (χ4n) is 0. The Bertz CT molecular complexity index is 51.7. The molecule has 0 aliphatic carbocycles. The minimum atomic E-state index is -3.54. The molecule has 25 valence electrons. The van der Waals surface area contributed by atoms with Gasteiger partial charge in [-0.2, -0.15) is 0 Å². The van der Waals surface area contributed by atoms with Crippen molar-refractivity contribution in [2.24, 2.45) is 0 Å². The molecule has 0 saturated carbocycles. The minimum absolute atomic E-state index is 3.54. The summed E-state index contributed by atoms with van der Waals surface area (Å²) in [5.74, 6) is 0. The normalized spacial score (nSPS) is 6.25. The fourth-order valence-corrected chi connectivity index (χ4v) is 0. The van der Waals surface area contributed by atoms with Crippen LogP contribution in [0.4, 0.5) is 0 Å². The summed E-state index contributed by atoms with van der Waals surface area (Å²) in [7, 11) is 0. The molecule has 3 nitrogen and oxygen atoms in total. The van der Waals surface area contributed by atoms with Crippen LogP contribution in [0.3, 0.4) is 0 Å². The Hall–Kier alpha value is 0.0925. The summed E-state index contributed by atoms with van der Waals surface area (Å²) in [5.41, 5.74) is 0. The number of hydrogen-bond donors (Lipinski definition) is 1. The average Bonchev–Trinajstić information content (AvgIpc) is 0.811. The van der Waals surface area contributed by atoms with E-state index >= 15 is 0 Å². The molecule has 0 bridgehead atoms. The molecule has 0 aromatic rings. The van der Waals surface area contributed by atoms with Crippen LogP contribution in [0, 0.1) is 0 Å². The number of hydrogen-bond acceptors (Lipinski definition) is 2. The van der Waals surface area contributed by atoms with Crippen molar-refractivity contribution in [3.05, 3.63) is 0 Å². The molecule has 0 heterocycles. The number of rotatable bonds is 0. The molecule has 4 heavy (non-hydrogen) atoms. The second-order valence-electron chi connectivity index (χ2n) is 0.217. The van der Waals surface area contributed by atoms with Gasteiger partial charge in [0, 0.05) is 0 Å². The first-order valence-electron chi connectivity index (χ1n) is 0.516. The molecule has 0 aromatic heterocycles. The van der Waals surface area contributed by atoms with Gasteiger partial charge in [0.25, 0.3) is 0 Å². The zero-order chi connectivity index (χ0) is 3.58. The van der Waals surface area contributed by atoms with Crippen molar-refractivity contribution in [2.75, 3.05) is 0 Å². The topological polar surface area (TPSA) is 54.4 Å². The Balaban J connectivity index is 3.51. The molecule has 0 radical (unpaired) electrons. The monoisotopic (exact) mass is 101 g/mol. The molecule has 0 aliphatic heterocycles. The molecule has 0 aromatic carbocycles. The fraction of sp³-hybridized carbons (Fsp3) is 0. The molecule has 0 spiro atoms. The van der Waals surface area contributed by atoms with Crippen molar-refractivity contribution in [3.63, 3.8) is 0 Å². The van der Waals surface area contributed by atoms with Gasteiger partial charge in [0.05, 0.1) is 0 Å². The zero-order valence-corrected chi connectivity index (χ0v) is 2.95. The third kappa shape index (κ3) is 292. The van der Waals surface area contributed by atoms with Crippen molar-refractivity contribution in [2.45, 2.75) is 0 Å². The Kier molecular flexibility index (Phi) is 1.45. The first kappa shape index (κ1) is 4.09. The summed E-state index contributed by atoms with van der Waals surface area (Å²) in [4.78, 5) is 0. The molecular formula is HCrO3. The van der Waals surface area contributed by atoms with E-state index in [1.165, 1.54) is 0 Å². The van der Waals surface area contributed by atoms with Crippen LogP contribution in [0.1, 0.15) is 0 Å². The van der Waals surface area contributed by atoms with Gasteiger partial charge in [0.2, 0.25) is 0 Å². The molecule has 4 heteroatoms. The van der Waals surface area contributed by atoms with Crippen molar-refractivity contribution in [3.8, 4) is 0 Å². The van der Waals surface area contributed by atoms with Crippen LogP contribution >= 0.6 is 0 Å². The Morgan fingerprint density at radius 1 is 1.50 bits per heavy atom. The average molecular weight is 101 g/mol. The molecule has 0 amide bonds. The van der Waals surface area contributed by atoms with E-state index in [1.807, 2.05) is 0 Å². The maximum absolute atomic E-state index is 8.65. The predicted octanol–water partition coefficient (Wildman–Crippen LogP) is -0.797.